The van der Waals surface area contributed by atoms with E-state index < -0.39 is 0 Å². The summed E-state index contributed by atoms with van der Waals surface area (Å²) < 4.78 is 0. The first kappa shape index (κ1) is 9.63. The zero-order chi connectivity index (χ0) is 9.97. The van der Waals surface area contributed by atoms with Crippen molar-refractivity contribution in [2.24, 2.45) is 0 Å². The maximum absolute atomic E-state index is 4.22. The third kappa shape index (κ3) is 1.94. The highest BCUT2D eigenvalue weighted by atomic mass is 15.2. The Labute approximate surface area is 86.7 Å². The summed E-state index contributed by atoms with van der Waals surface area (Å²) in [6.45, 7) is 10.6. The Hall–Kier alpha value is -0.920. The monoisotopic (exact) mass is 192 g/mol. The van der Waals surface area contributed by atoms with Crippen LogP contribution < -0.4 is 5.32 Å². The molecule has 2 aliphatic rings. The molecule has 1 atom stereocenters. The van der Waals surface area contributed by atoms with Crippen LogP contribution in [0.3, 0.4) is 0 Å². The summed E-state index contributed by atoms with van der Waals surface area (Å²) in [6, 6.07) is 0.459. The van der Waals surface area contributed by atoms with Gasteiger partial charge in [-0.25, -0.2) is 0 Å². The molecule has 2 saturated heterocycles. The van der Waals surface area contributed by atoms with Gasteiger partial charge in [-0.1, -0.05) is 13.2 Å². The Morgan fingerprint density at radius 3 is 2.57 bits per heavy atom. The van der Waals surface area contributed by atoms with E-state index in [0.29, 0.717) is 6.04 Å². The van der Waals surface area contributed by atoms with Crippen LogP contribution in [0.4, 0.5) is 0 Å². The van der Waals surface area contributed by atoms with Gasteiger partial charge in [0.25, 0.3) is 0 Å². The molecule has 2 rings (SSSR count). The lowest BCUT2D eigenvalue weighted by atomic mass is 10.1. The second-order valence-electron chi connectivity index (χ2n) is 4.38. The third-order valence-corrected chi connectivity index (χ3v) is 3.28. The van der Waals surface area contributed by atoms with Crippen molar-refractivity contribution in [2.45, 2.75) is 38.1 Å². The molecule has 0 aromatic heterocycles. The van der Waals surface area contributed by atoms with Crippen LogP contribution in [0, 0.1) is 0 Å². The second-order valence-corrected chi connectivity index (χ2v) is 4.38. The first-order valence-electron chi connectivity index (χ1n) is 5.65. The largest absolute Gasteiger partial charge is 0.381 e. The number of hydrogen-bond acceptors (Lipinski definition) is 2. The van der Waals surface area contributed by atoms with E-state index in [0.717, 1.165) is 6.42 Å². The van der Waals surface area contributed by atoms with Gasteiger partial charge in [0.2, 0.25) is 0 Å². The Morgan fingerprint density at radius 1 is 1.29 bits per heavy atom. The number of likely N-dealkylation sites (tertiary alicyclic amines) is 1. The zero-order valence-electron chi connectivity index (χ0n) is 8.89. The SMILES string of the molecule is C=C1CCC(C(=C)N2CCCCC2)N1. The standard InChI is InChI=1S/C12H20N2/c1-10-6-7-12(13-10)11(2)14-8-4-3-5-9-14/h12-13H,1-9H2. The number of piperidine rings is 1. The Morgan fingerprint density at radius 2 is 2.00 bits per heavy atom. The molecular weight excluding hydrogens is 172 g/mol. The molecule has 0 spiro atoms. The van der Waals surface area contributed by atoms with E-state index in [9.17, 15) is 0 Å². The second kappa shape index (κ2) is 4.07. The number of allylic oxidation sites excluding steroid dienone is 1. The first-order valence-corrected chi connectivity index (χ1v) is 5.65. The molecule has 0 amide bonds. The minimum Gasteiger partial charge on any atom is -0.381 e. The van der Waals surface area contributed by atoms with Gasteiger partial charge in [-0.05, 0) is 32.1 Å². The molecular formula is C12H20N2. The fourth-order valence-electron chi connectivity index (χ4n) is 2.36. The highest BCUT2D eigenvalue weighted by Crippen LogP contribution is 2.23. The molecule has 2 heterocycles. The van der Waals surface area contributed by atoms with Gasteiger partial charge in [0, 0.05) is 24.5 Å². The van der Waals surface area contributed by atoms with Crippen LogP contribution in [0.25, 0.3) is 0 Å². The predicted molar refractivity (Wildman–Crippen MR) is 59.9 cm³/mol. The van der Waals surface area contributed by atoms with Crippen molar-refractivity contribution in [3.05, 3.63) is 24.6 Å². The smallest absolute Gasteiger partial charge is 0.0656 e. The maximum atomic E-state index is 4.22. The summed E-state index contributed by atoms with van der Waals surface area (Å²) in [5, 5.41) is 3.42. The lowest BCUT2D eigenvalue weighted by molar-refractivity contribution is 0.267. The summed E-state index contributed by atoms with van der Waals surface area (Å²) in [5.74, 6) is 0. The maximum Gasteiger partial charge on any atom is 0.0656 e. The van der Waals surface area contributed by atoms with Crippen molar-refractivity contribution in [3.63, 3.8) is 0 Å². The van der Waals surface area contributed by atoms with E-state index in [-0.39, 0.29) is 0 Å². The minimum absolute atomic E-state index is 0.459. The lowest BCUT2D eigenvalue weighted by Gasteiger charge is -2.33. The number of nitrogens with zero attached hydrogens (tertiary/aromatic N) is 1. The average molecular weight is 192 g/mol. The summed E-state index contributed by atoms with van der Waals surface area (Å²) in [6.07, 6.45) is 6.32. The highest BCUT2D eigenvalue weighted by Gasteiger charge is 2.23. The Bertz CT molecular complexity index is 239. The molecule has 2 nitrogen and oxygen atoms in total. The fraction of sp³-hybridized carbons (Fsp3) is 0.667. The van der Waals surface area contributed by atoms with Crippen LogP contribution in [0.2, 0.25) is 0 Å². The van der Waals surface area contributed by atoms with Crippen molar-refractivity contribution in [1.82, 2.24) is 10.2 Å². The van der Waals surface area contributed by atoms with Crippen molar-refractivity contribution in [3.8, 4) is 0 Å². The van der Waals surface area contributed by atoms with Gasteiger partial charge in [-0.3, -0.25) is 0 Å². The summed E-state index contributed by atoms with van der Waals surface area (Å²) in [5.41, 5.74) is 2.46. The molecule has 2 fully saturated rings. The topological polar surface area (TPSA) is 15.3 Å². The van der Waals surface area contributed by atoms with Gasteiger partial charge in [-0.15, -0.1) is 0 Å². The van der Waals surface area contributed by atoms with Crippen molar-refractivity contribution < 1.29 is 0 Å². The van der Waals surface area contributed by atoms with Gasteiger partial charge < -0.3 is 10.2 Å². The van der Waals surface area contributed by atoms with E-state index in [4.69, 9.17) is 0 Å². The summed E-state index contributed by atoms with van der Waals surface area (Å²) in [7, 11) is 0. The van der Waals surface area contributed by atoms with Gasteiger partial charge in [0.05, 0.1) is 6.04 Å². The highest BCUT2D eigenvalue weighted by molar-refractivity contribution is 5.15. The number of hydrogen-bond donors (Lipinski definition) is 1. The van der Waals surface area contributed by atoms with Gasteiger partial charge in [0.15, 0.2) is 0 Å². The van der Waals surface area contributed by atoms with E-state index in [2.05, 4.69) is 23.4 Å². The molecule has 0 aromatic carbocycles. The summed E-state index contributed by atoms with van der Waals surface area (Å²) >= 11 is 0. The molecule has 1 unspecified atom stereocenters. The minimum atomic E-state index is 0.459. The van der Waals surface area contributed by atoms with E-state index in [1.165, 1.54) is 50.2 Å². The molecule has 0 radical (unpaired) electrons. The molecule has 14 heavy (non-hydrogen) atoms. The third-order valence-electron chi connectivity index (χ3n) is 3.28. The molecule has 78 valence electrons. The Balaban J connectivity index is 1.90. The van der Waals surface area contributed by atoms with Crippen LogP contribution in [0.15, 0.2) is 24.6 Å². The van der Waals surface area contributed by atoms with Crippen molar-refractivity contribution in [2.75, 3.05) is 13.1 Å². The zero-order valence-corrected chi connectivity index (χ0v) is 8.89. The van der Waals surface area contributed by atoms with Crippen LogP contribution >= 0.6 is 0 Å². The number of nitrogens with one attached hydrogen (secondary N) is 1. The summed E-state index contributed by atoms with van der Waals surface area (Å²) in [4.78, 5) is 2.44. The quantitative estimate of drug-likeness (QED) is 0.722. The van der Waals surface area contributed by atoms with Gasteiger partial charge >= 0.3 is 0 Å². The Kier molecular flexibility index (Phi) is 2.80. The van der Waals surface area contributed by atoms with Crippen LogP contribution in [-0.2, 0) is 0 Å². The van der Waals surface area contributed by atoms with Crippen LogP contribution in [0.1, 0.15) is 32.1 Å². The van der Waals surface area contributed by atoms with Crippen LogP contribution in [-0.4, -0.2) is 24.0 Å². The van der Waals surface area contributed by atoms with Crippen molar-refractivity contribution in [1.29, 1.82) is 0 Å². The molecule has 2 heteroatoms. The van der Waals surface area contributed by atoms with Crippen molar-refractivity contribution >= 4 is 0 Å². The van der Waals surface area contributed by atoms with E-state index in [1.54, 1.807) is 0 Å². The average Bonchev–Trinajstić information content (AvgIpc) is 2.65. The normalized spacial score (nSPS) is 27.6. The lowest BCUT2D eigenvalue weighted by Crippen LogP contribution is -2.37. The molecule has 0 bridgehead atoms. The molecule has 0 aliphatic carbocycles. The molecule has 2 aliphatic heterocycles. The van der Waals surface area contributed by atoms with E-state index in [1.807, 2.05) is 0 Å². The number of rotatable bonds is 2. The fourth-order valence-corrected chi connectivity index (χ4v) is 2.36. The first-order chi connectivity index (χ1) is 6.77. The van der Waals surface area contributed by atoms with E-state index >= 15 is 0 Å². The van der Waals surface area contributed by atoms with Gasteiger partial charge in [0.1, 0.15) is 0 Å². The molecule has 0 saturated carbocycles. The van der Waals surface area contributed by atoms with Crippen LogP contribution in [0.5, 0.6) is 0 Å². The molecule has 1 N–H and O–H groups in total. The van der Waals surface area contributed by atoms with Gasteiger partial charge in [-0.2, -0.15) is 0 Å². The molecule has 0 aromatic rings. The predicted octanol–water partition coefficient (Wildman–Crippen LogP) is 2.25.